The molecule has 2 N–H and O–H groups in total. The lowest BCUT2D eigenvalue weighted by molar-refractivity contribution is 0.0940. The summed E-state index contributed by atoms with van der Waals surface area (Å²) in [6.07, 6.45) is 0. The lowest BCUT2D eigenvalue weighted by Crippen LogP contribution is -2.56. The zero-order valence-corrected chi connectivity index (χ0v) is 16.9. The number of nitrogens with zero attached hydrogens (tertiary/aromatic N) is 1. The first-order valence-electron chi connectivity index (χ1n) is 9.04. The molecule has 0 saturated carbocycles. The third-order valence-corrected chi connectivity index (χ3v) is 6.55. The largest absolute Gasteiger partial charge is 0.369 e. The van der Waals surface area contributed by atoms with Crippen LogP contribution in [0.5, 0.6) is 0 Å². The van der Waals surface area contributed by atoms with E-state index in [1.165, 1.54) is 10.1 Å². The first kappa shape index (κ1) is 18.3. The number of rotatable bonds is 5. The number of amides is 1. The van der Waals surface area contributed by atoms with Gasteiger partial charge in [-0.05, 0) is 47.5 Å². The average Bonchev–Trinajstić information content (AvgIpc) is 3.04. The molecular weight excluding hydrogens is 378 g/mol. The van der Waals surface area contributed by atoms with Crippen LogP contribution >= 0.6 is 22.9 Å². The molecule has 27 heavy (non-hydrogen) atoms. The molecule has 1 saturated heterocycles. The normalized spacial score (nSPS) is 15.4. The summed E-state index contributed by atoms with van der Waals surface area (Å²) in [7, 11) is 2.05. The highest BCUT2D eigenvalue weighted by molar-refractivity contribution is 7.17. The minimum atomic E-state index is -0.148. The maximum atomic E-state index is 12.9. The summed E-state index contributed by atoms with van der Waals surface area (Å²) in [5.41, 5.74) is 2.65. The number of carbonyl (C=O) groups is 1. The molecule has 0 radical (unpaired) electrons. The maximum Gasteiger partial charge on any atom is 0.253 e. The van der Waals surface area contributed by atoms with Gasteiger partial charge in [0.15, 0.2) is 0 Å². The van der Waals surface area contributed by atoms with Gasteiger partial charge in [-0.15, -0.1) is 11.3 Å². The Morgan fingerprint density at radius 3 is 2.81 bits per heavy atom. The minimum Gasteiger partial charge on any atom is -0.369 e. The van der Waals surface area contributed by atoms with Crippen molar-refractivity contribution in [2.45, 2.75) is 19.0 Å². The molecule has 4 rings (SSSR count). The Kier molecular flexibility index (Phi) is 5.08. The number of halogens is 1. The van der Waals surface area contributed by atoms with E-state index in [-0.39, 0.29) is 11.9 Å². The van der Waals surface area contributed by atoms with Crippen LogP contribution in [-0.2, 0) is 0 Å². The molecule has 6 heteroatoms. The summed E-state index contributed by atoms with van der Waals surface area (Å²) >= 11 is 8.03. The van der Waals surface area contributed by atoms with Crippen molar-refractivity contribution in [3.05, 3.63) is 64.0 Å². The van der Waals surface area contributed by atoms with Crippen molar-refractivity contribution in [3.8, 4) is 0 Å². The van der Waals surface area contributed by atoms with E-state index in [1.54, 1.807) is 17.4 Å². The average molecular weight is 400 g/mol. The highest BCUT2D eigenvalue weighted by Crippen LogP contribution is 2.31. The second-order valence-electron chi connectivity index (χ2n) is 6.97. The van der Waals surface area contributed by atoms with Gasteiger partial charge in [-0.3, -0.25) is 4.79 Å². The van der Waals surface area contributed by atoms with E-state index in [0.717, 1.165) is 24.3 Å². The summed E-state index contributed by atoms with van der Waals surface area (Å²) in [5.74, 6) is -0.148. The van der Waals surface area contributed by atoms with Gasteiger partial charge in [-0.25, -0.2) is 0 Å². The van der Waals surface area contributed by atoms with Crippen LogP contribution in [0, 0.1) is 0 Å². The Balaban J connectivity index is 1.55. The third-order valence-electron chi connectivity index (χ3n) is 5.23. The zero-order chi connectivity index (χ0) is 19.0. The fourth-order valence-corrected chi connectivity index (χ4v) is 4.61. The summed E-state index contributed by atoms with van der Waals surface area (Å²) in [4.78, 5) is 15.1. The highest BCUT2D eigenvalue weighted by atomic mass is 35.5. The first-order valence-corrected chi connectivity index (χ1v) is 10.3. The predicted molar refractivity (Wildman–Crippen MR) is 114 cm³/mol. The summed E-state index contributed by atoms with van der Waals surface area (Å²) < 4.78 is 1.23. The maximum absolute atomic E-state index is 12.9. The Morgan fingerprint density at radius 2 is 2.07 bits per heavy atom. The molecule has 2 aromatic carbocycles. The monoisotopic (exact) mass is 399 g/mol. The minimum absolute atomic E-state index is 0.0954. The van der Waals surface area contributed by atoms with E-state index >= 15 is 0 Å². The van der Waals surface area contributed by atoms with Crippen LogP contribution in [0.1, 0.15) is 28.9 Å². The van der Waals surface area contributed by atoms with E-state index in [1.807, 2.05) is 31.2 Å². The van der Waals surface area contributed by atoms with Crippen LogP contribution in [-0.4, -0.2) is 32.1 Å². The number of thiophene rings is 1. The van der Waals surface area contributed by atoms with Crippen LogP contribution in [0.25, 0.3) is 10.1 Å². The van der Waals surface area contributed by atoms with Crippen LogP contribution in [0.15, 0.2) is 47.8 Å². The van der Waals surface area contributed by atoms with Gasteiger partial charge in [0.2, 0.25) is 0 Å². The summed E-state index contributed by atoms with van der Waals surface area (Å²) in [5, 5.41) is 10.2. The molecule has 0 aliphatic carbocycles. The molecule has 1 atom stereocenters. The first-order chi connectivity index (χ1) is 13.0. The van der Waals surface area contributed by atoms with Gasteiger partial charge in [-0.1, -0.05) is 29.8 Å². The molecule has 1 aliphatic rings. The molecule has 4 nitrogen and oxygen atoms in total. The van der Waals surface area contributed by atoms with E-state index in [9.17, 15) is 4.79 Å². The number of hydrogen-bond donors (Lipinski definition) is 2. The van der Waals surface area contributed by atoms with Gasteiger partial charge >= 0.3 is 0 Å². The number of benzene rings is 2. The summed E-state index contributed by atoms with van der Waals surface area (Å²) in [6, 6.07) is 14.3. The number of likely N-dealkylation sites (N-methyl/N-ethyl adjacent to an activating group) is 1. The van der Waals surface area contributed by atoms with Crippen LogP contribution in [0.3, 0.4) is 0 Å². The van der Waals surface area contributed by atoms with Crippen molar-refractivity contribution in [2.75, 3.05) is 25.0 Å². The Hall–Kier alpha value is -2.08. The SMILES string of the molecule is CC(NC(=O)c1cc(N(C)C2CNC2)ccc1Cl)c1csc2ccccc12. The molecule has 2 heterocycles. The van der Waals surface area contributed by atoms with Crippen molar-refractivity contribution >= 4 is 44.6 Å². The number of carbonyl (C=O) groups excluding carboxylic acids is 1. The molecule has 1 unspecified atom stereocenters. The lowest BCUT2D eigenvalue weighted by atomic mass is 10.1. The second kappa shape index (κ2) is 7.50. The number of nitrogens with one attached hydrogen (secondary N) is 2. The van der Waals surface area contributed by atoms with Gasteiger partial charge in [0.05, 0.1) is 22.7 Å². The van der Waals surface area contributed by atoms with Gasteiger partial charge in [0.1, 0.15) is 0 Å². The number of anilines is 1. The zero-order valence-electron chi connectivity index (χ0n) is 15.3. The Morgan fingerprint density at radius 1 is 1.30 bits per heavy atom. The quantitative estimate of drug-likeness (QED) is 0.666. The third kappa shape index (κ3) is 3.55. The number of hydrogen-bond acceptors (Lipinski definition) is 4. The van der Waals surface area contributed by atoms with Crippen molar-refractivity contribution in [3.63, 3.8) is 0 Å². The molecule has 1 amide bonds. The second-order valence-corrected chi connectivity index (χ2v) is 8.29. The summed E-state index contributed by atoms with van der Waals surface area (Å²) in [6.45, 7) is 3.93. The molecule has 0 bridgehead atoms. The smallest absolute Gasteiger partial charge is 0.253 e. The standard InChI is InChI=1S/C21H22ClN3OS/c1-13(18-12-27-20-6-4-3-5-16(18)20)24-21(26)17-9-14(7-8-19(17)22)25(2)15-10-23-11-15/h3-9,12-13,15,23H,10-11H2,1-2H3,(H,24,26). The van der Waals surface area contributed by atoms with E-state index in [4.69, 9.17) is 11.6 Å². The van der Waals surface area contributed by atoms with E-state index in [0.29, 0.717) is 16.6 Å². The van der Waals surface area contributed by atoms with E-state index < -0.39 is 0 Å². The Labute approximate surface area is 168 Å². The van der Waals surface area contributed by atoms with Crippen LogP contribution in [0.4, 0.5) is 5.69 Å². The van der Waals surface area contributed by atoms with E-state index in [2.05, 4.69) is 40.1 Å². The molecule has 1 aromatic heterocycles. The topological polar surface area (TPSA) is 44.4 Å². The Bertz CT molecular complexity index is 982. The molecule has 3 aromatic rings. The molecule has 1 fully saturated rings. The predicted octanol–water partition coefficient (Wildman–Crippen LogP) is 4.45. The fourth-order valence-electron chi connectivity index (χ4n) is 3.35. The molecule has 1 aliphatic heterocycles. The number of fused-ring (bicyclic) bond motifs is 1. The van der Waals surface area contributed by atoms with Crippen LogP contribution < -0.4 is 15.5 Å². The molecule has 140 valence electrons. The van der Waals surface area contributed by atoms with Gasteiger partial charge in [0, 0.05) is 30.5 Å². The lowest BCUT2D eigenvalue weighted by Gasteiger charge is -2.37. The van der Waals surface area contributed by atoms with Gasteiger partial charge in [0.25, 0.3) is 5.91 Å². The molecular formula is C21H22ClN3OS. The fraction of sp³-hybridized carbons (Fsp3) is 0.286. The highest BCUT2D eigenvalue weighted by Gasteiger charge is 2.23. The van der Waals surface area contributed by atoms with Gasteiger partial charge < -0.3 is 15.5 Å². The molecule has 0 spiro atoms. The van der Waals surface area contributed by atoms with Crippen molar-refractivity contribution in [2.24, 2.45) is 0 Å². The van der Waals surface area contributed by atoms with Crippen LogP contribution in [0.2, 0.25) is 5.02 Å². The van der Waals surface area contributed by atoms with Crippen molar-refractivity contribution < 1.29 is 4.79 Å². The van der Waals surface area contributed by atoms with Crippen molar-refractivity contribution in [1.29, 1.82) is 0 Å². The van der Waals surface area contributed by atoms with Gasteiger partial charge in [-0.2, -0.15) is 0 Å². The van der Waals surface area contributed by atoms with Crippen molar-refractivity contribution in [1.82, 2.24) is 10.6 Å².